The summed E-state index contributed by atoms with van der Waals surface area (Å²) in [5.74, 6) is 0.662. The lowest BCUT2D eigenvalue weighted by Gasteiger charge is -2.26. The number of aryl methyl sites for hydroxylation is 3. The molecule has 1 aliphatic carbocycles. The van der Waals surface area contributed by atoms with Crippen LogP contribution in [0.1, 0.15) is 64.5 Å². The second kappa shape index (κ2) is 14.4. The molecule has 0 radical (unpaired) electrons. The maximum atomic E-state index is 13.7. The molecule has 2 aromatic carbocycles. The van der Waals surface area contributed by atoms with Crippen LogP contribution in [0.2, 0.25) is 0 Å². The van der Waals surface area contributed by atoms with E-state index in [0.717, 1.165) is 97.1 Å². The van der Waals surface area contributed by atoms with E-state index in [0.29, 0.717) is 24.3 Å². The van der Waals surface area contributed by atoms with E-state index in [4.69, 9.17) is 9.47 Å². The summed E-state index contributed by atoms with van der Waals surface area (Å²) in [6.07, 6.45) is 2.74. The van der Waals surface area contributed by atoms with Crippen LogP contribution in [0.5, 0.6) is 5.75 Å². The number of hydrogen-bond donors (Lipinski definition) is 2. The number of aromatic amines is 1. The zero-order valence-electron chi connectivity index (χ0n) is 27.3. The van der Waals surface area contributed by atoms with Crippen LogP contribution in [0.25, 0.3) is 11.1 Å². The van der Waals surface area contributed by atoms with Crippen LogP contribution in [-0.2, 0) is 16.1 Å². The van der Waals surface area contributed by atoms with Gasteiger partial charge in [-0.25, -0.2) is 0 Å². The molecular formula is C36H46N4O5. The first-order chi connectivity index (χ1) is 21.7. The number of ether oxygens (including phenoxy) is 2. The Kier molecular flexibility index (Phi) is 10.4. The zero-order valence-corrected chi connectivity index (χ0v) is 27.3. The fraction of sp³-hybridized carbons (Fsp3) is 0.472. The average molecular weight is 615 g/mol. The summed E-state index contributed by atoms with van der Waals surface area (Å²) in [5.41, 5.74) is 6.71. The minimum Gasteiger partial charge on any atom is -0.494 e. The van der Waals surface area contributed by atoms with Gasteiger partial charge in [0.05, 0.1) is 19.8 Å². The number of pyridine rings is 1. The van der Waals surface area contributed by atoms with Crippen LogP contribution in [-0.4, -0.2) is 67.7 Å². The van der Waals surface area contributed by atoms with Crippen LogP contribution in [0.4, 0.5) is 5.69 Å². The Morgan fingerprint density at radius 2 is 1.80 bits per heavy atom. The summed E-state index contributed by atoms with van der Waals surface area (Å²) in [4.78, 5) is 46.7. The van der Waals surface area contributed by atoms with Crippen molar-refractivity contribution in [3.05, 3.63) is 80.3 Å². The highest BCUT2D eigenvalue weighted by Crippen LogP contribution is 2.37. The highest BCUT2D eigenvalue weighted by atomic mass is 16.5. The van der Waals surface area contributed by atoms with Gasteiger partial charge in [0, 0.05) is 61.1 Å². The minimum atomic E-state index is -0.289. The third-order valence-electron chi connectivity index (χ3n) is 8.84. The van der Waals surface area contributed by atoms with E-state index >= 15 is 0 Å². The number of aromatic nitrogens is 1. The van der Waals surface area contributed by atoms with E-state index in [1.807, 2.05) is 75.9 Å². The maximum absolute atomic E-state index is 13.7. The molecule has 0 unspecified atom stereocenters. The SMILES string of the molecule is CCN(C(=O)C1CC1)c1cc(-c2ccc(OCCCN3CCOCC3)cc2C)cc(C(=O)NCc2c(C)cc(C)[nH]c2=O)c1C. The molecule has 1 aliphatic heterocycles. The molecule has 2 N–H and O–H groups in total. The Balaban J connectivity index is 1.40. The molecule has 3 aromatic rings. The normalized spacial score (nSPS) is 15.1. The highest BCUT2D eigenvalue weighted by molar-refractivity contribution is 6.03. The number of nitrogens with zero attached hydrogens (tertiary/aromatic N) is 2. The average Bonchev–Trinajstić information content (AvgIpc) is 3.86. The van der Waals surface area contributed by atoms with E-state index < -0.39 is 0 Å². The second-order valence-electron chi connectivity index (χ2n) is 12.3. The van der Waals surface area contributed by atoms with Crippen LogP contribution < -0.4 is 20.5 Å². The molecule has 9 heteroatoms. The van der Waals surface area contributed by atoms with Crippen molar-refractivity contribution < 1.29 is 19.1 Å². The van der Waals surface area contributed by atoms with Crippen molar-refractivity contribution >= 4 is 17.5 Å². The van der Waals surface area contributed by atoms with Gasteiger partial charge >= 0.3 is 0 Å². The van der Waals surface area contributed by atoms with Crippen molar-refractivity contribution in [1.82, 2.24) is 15.2 Å². The molecular weight excluding hydrogens is 568 g/mol. The topological polar surface area (TPSA) is 104 Å². The number of carbonyl (C=O) groups excluding carboxylic acids is 2. The second-order valence-corrected chi connectivity index (χ2v) is 12.3. The number of morpholine rings is 1. The molecule has 1 saturated heterocycles. The van der Waals surface area contributed by atoms with Crippen LogP contribution in [0.3, 0.4) is 0 Å². The standard InChI is InChI=1S/C36H46N4O5/c1-6-40(36(43)27-8-9-27)33-21-28(20-31(26(33)5)34(41)37-22-32-23(2)18-25(4)38-35(32)42)30-11-10-29(19-24(30)3)45-15-7-12-39-13-16-44-17-14-39/h10-11,18-21,27H,6-9,12-17,22H2,1-5H3,(H,37,41)(H,38,42). The van der Waals surface area contributed by atoms with Gasteiger partial charge in [0.2, 0.25) is 5.91 Å². The van der Waals surface area contributed by atoms with Gasteiger partial charge in [0.1, 0.15) is 5.75 Å². The number of hydrogen-bond acceptors (Lipinski definition) is 6. The van der Waals surface area contributed by atoms with Gasteiger partial charge in [0.25, 0.3) is 11.5 Å². The molecule has 2 aliphatic rings. The predicted molar refractivity (Wildman–Crippen MR) is 177 cm³/mol. The summed E-state index contributed by atoms with van der Waals surface area (Å²) in [7, 11) is 0. The monoisotopic (exact) mass is 614 g/mol. The van der Waals surface area contributed by atoms with Crippen molar-refractivity contribution in [2.24, 2.45) is 5.92 Å². The molecule has 0 bridgehead atoms. The van der Waals surface area contributed by atoms with Gasteiger partial charge in [-0.1, -0.05) is 6.07 Å². The minimum absolute atomic E-state index is 0.0444. The summed E-state index contributed by atoms with van der Waals surface area (Å²) in [5, 5.41) is 2.97. The van der Waals surface area contributed by atoms with Crippen molar-refractivity contribution in [3.63, 3.8) is 0 Å². The van der Waals surface area contributed by atoms with Crippen molar-refractivity contribution in [1.29, 1.82) is 0 Å². The number of benzene rings is 2. The lowest BCUT2D eigenvalue weighted by atomic mass is 9.94. The summed E-state index contributed by atoms with van der Waals surface area (Å²) < 4.78 is 11.5. The molecule has 0 atom stereocenters. The van der Waals surface area contributed by atoms with E-state index in [1.165, 1.54) is 0 Å². The molecule has 2 fully saturated rings. The Morgan fingerprint density at radius 1 is 1.04 bits per heavy atom. The zero-order chi connectivity index (χ0) is 32.1. The maximum Gasteiger partial charge on any atom is 0.253 e. The highest BCUT2D eigenvalue weighted by Gasteiger charge is 2.34. The summed E-state index contributed by atoms with van der Waals surface area (Å²) in [6.45, 7) is 15.4. The lowest BCUT2D eigenvalue weighted by Crippen LogP contribution is -2.37. The van der Waals surface area contributed by atoms with E-state index in [9.17, 15) is 14.4 Å². The van der Waals surface area contributed by atoms with Gasteiger partial charge in [-0.05, 0) is 112 Å². The first-order valence-electron chi connectivity index (χ1n) is 16.1. The number of anilines is 1. The van der Waals surface area contributed by atoms with Gasteiger partial charge < -0.3 is 24.7 Å². The Bertz CT molecular complexity index is 1600. The Labute approximate surface area is 265 Å². The number of nitrogens with one attached hydrogen (secondary N) is 2. The number of carbonyl (C=O) groups is 2. The van der Waals surface area contributed by atoms with Gasteiger partial charge in [-0.15, -0.1) is 0 Å². The third kappa shape index (κ3) is 7.83. The van der Waals surface area contributed by atoms with Crippen LogP contribution in [0.15, 0.2) is 41.2 Å². The smallest absolute Gasteiger partial charge is 0.253 e. The number of rotatable bonds is 12. The largest absolute Gasteiger partial charge is 0.494 e. The van der Waals surface area contributed by atoms with E-state index in [2.05, 4.69) is 15.2 Å². The predicted octanol–water partition coefficient (Wildman–Crippen LogP) is 5.07. The number of amides is 2. The van der Waals surface area contributed by atoms with Crippen molar-refractivity contribution in [3.8, 4) is 16.9 Å². The molecule has 5 rings (SSSR count). The molecule has 0 spiro atoms. The van der Waals surface area contributed by atoms with Crippen molar-refractivity contribution in [2.75, 3.05) is 50.9 Å². The van der Waals surface area contributed by atoms with Crippen LogP contribution >= 0.6 is 0 Å². The Morgan fingerprint density at radius 3 is 2.47 bits per heavy atom. The Hall–Kier alpha value is -3.95. The van der Waals surface area contributed by atoms with Crippen molar-refractivity contribution in [2.45, 2.75) is 60.4 Å². The van der Waals surface area contributed by atoms with E-state index in [1.54, 1.807) is 0 Å². The summed E-state index contributed by atoms with van der Waals surface area (Å²) in [6, 6.07) is 11.8. The van der Waals surface area contributed by atoms with Gasteiger partial charge in [0.15, 0.2) is 0 Å². The third-order valence-corrected chi connectivity index (χ3v) is 8.84. The molecule has 2 amide bonds. The molecule has 1 saturated carbocycles. The molecule has 240 valence electrons. The molecule has 45 heavy (non-hydrogen) atoms. The quantitative estimate of drug-likeness (QED) is 0.276. The van der Waals surface area contributed by atoms with Gasteiger partial charge in [-0.2, -0.15) is 0 Å². The van der Waals surface area contributed by atoms with Crippen LogP contribution in [0, 0.1) is 33.6 Å². The fourth-order valence-electron chi connectivity index (χ4n) is 6.08. The molecule has 2 heterocycles. The van der Waals surface area contributed by atoms with Gasteiger partial charge in [-0.3, -0.25) is 19.3 Å². The molecule has 9 nitrogen and oxygen atoms in total. The first kappa shape index (κ1) is 32.4. The van der Waals surface area contributed by atoms with E-state index in [-0.39, 0.29) is 29.8 Å². The lowest BCUT2D eigenvalue weighted by molar-refractivity contribution is -0.119. The molecule has 1 aromatic heterocycles. The summed E-state index contributed by atoms with van der Waals surface area (Å²) >= 11 is 0. The number of H-pyrrole nitrogens is 1. The fourth-order valence-corrected chi connectivity index (χ4v) is 6.08. The first-order valence-corrected chi connectivity index (χ1v) is 16.1.